The molecule has 2 rings (SSSR count). The second-order valence-corrected chi connectivity index (χ2v) is 7.99. The van der Waals surface area contributed by atoms with E-state index in [-0.39, 0.29) is 36.7 Å². The van der Waals surface area contributed by atoms with Crippen molar-refractivity contribution in [2.24, 2.45) is 0 Å². The summed E-state index contributed by atoms with van der Waals surface area (Å²) in [7, 11) is 0. The molecule has 0 radical (unpaired) electrons. The average Bonchev–Trinajstić information content (AvgIpc) is 2.83. The van der Waals surface area contributed by atoms with E-state index >= 15 is 0 Å². The lowest BCUT2D eigenvalue weighted by Gasteiger charge is -2.30. The molecule has 2 heterocycles. The standard InChI is InChI=1S/C18H25N3O4S/c1-10(2)21(11(3)4)14(22)8-25-15(23)7-20-9-19-17-16(18(20)24)12(5)13(6)26-17/h9-11H,7-8H2,1-6H3. The van der Waals surface area contributed by atoms with E-state index in [0.29, 0.717) is 10.2 Å². The summed E-state index contributed by atoms with van der Waals surface area (Å²) in [5, 5.41) is 0.532. The number of esters is 1. The molecule has 0 unspecified atom stereocenters. The zero-order valence-corrected chi connectivity index (χ0v) is 16.8. The van der Waals surface area contributed by atoms with E-state index in [2.05, 4.69) is 4.98 Å². The van der Waals surface area contributed by atoms with Crippen molar-refractivity contribution in [2.75, 3.05) is 6.61 Å². The summed E-state index contributed by atoms with van der Waals surface area (Å²) in [6, 6.07) is 0.0282. The fourth-order valence-electron chi connectivity index (χ4n) is 2.96. The summed E-state index contributed by atoms with van der Waals surface area (Å²) in [6.45, 7) is 10.8. The summed E-state index contributed by atoms with van der Waals surface area (Å²) in [6.07, 6.45) is 1.34. The first-order valence-corrected chi connectivity index (χ1v) is 9.37. The lowest BCUT2D eigenvalue weighted by Crippen LogP contribution is -2.44. The van der Waals surface area contributed by atoms with Crippen LogP contribution in [0.1, 0.15) is 38.1 Å². The number of ether oxygens (including phenoxy) is 1. The van der Waals surface area contributed by atoms with Crippen molar-refractivity contribution < 1.29 is 14.3 Å². The Labute approximate surface area is 156 Å². The van der Waals surface area contributed by atoms with Crippen molar-refractivity contribution in [1.29, 1.82) is 0 Å². The lowest BCUT2D eigenvalue weighted by molar-refractivity contribution is -0.154. The van der Waals surface area contributed by atoms with Crippen LogP contribution < -0.4 is 5.56 Å². The number of fused-ring (bicyclic) bond motifs is 1. The van der Waals surface area contributed by atoms with Crippen molar-refractivity contribution in [2.45, 2.75) is 60.2 Å². The largest absolute Gasteiger partial charge is 0.454 e. The summed E-state index contributed by atoms with van der Waals surface area (Å²) in [4.78, 5) is 44.5. The highest BCUT2D eigenvalue weighted by Crippen LogP contribution is 2.25. The van der Waals surface area contributed by atoms with Gasteiger partial charge in [0.05, 0.1) is 11.7 Å². The predicted octanol–water partition coefficient (Wildman–Crippen LogP) is 2.26. The zero-order chi connectivity index (χ0) is 19.6. The van der Waals surface area contributed by atoms with Gasteiger partial charge in [0.15, 0.2) is 6.61 Å². The van der Waals surface area contributed by atoms with Crippen molar-refractivity contribution in [3.63, 3.8) is 0 Å². The number of thiophene rings is 1. The Hall–Kier alpha value is -2.22. The number of aromatic nitrogens is 2. The molecule has 0 N–H and O–H groups in total. The van der Waals surface area contributed by atoms with E-state index in [4.69, 9.17) is 4.74 Å². The Balaban J connectivity index is 2.08. The van der Waals surface area contributed by atoms with Crippen LogP contribution in [0.5, 0.6) is 0 Å². The lowest BCUT2D eigenvalue weighted by atomic mass is 10.2. The minimum absolute atomic E-state index is 0.0141. The van der Waals surface area contributed by atoms with Gasteiger partial charge < -0.3 is 9.64 Å². The van der Waals surface area contributed by atoms with Gasteiger partial charge in [-0.2, -0.15) is 0 Å². The zero-order valence-electron chi connectivity index (χ0n) is 16.0. The van der Waals surface area contributed by atoms with Gasteiger partial charge in [-0.1, -0.05) is 0 Å². The minimum Gasteiger partial charge on any atom is -0.454 e. The Morgan fingerprint density at radius 3 is 2.42 bits per heavy atom. The smallest absolute Gasteiger partial charge is 0.326 e. The molecular weight excluding hydrogens is 354 g/mol. The van der Waals surface area contributed by atoms with Gasteiger partial charge in [0.1, 0.15) is 11.4 Å². The van der Waals surface area contributed by atoms with Crippen molar-refractivity contribution in [3.8, 4) is 0 Å². The van der Waals surface area contributed by atoms with Crippen molar-refractivity contribution in [3.05, 3.63) is 27.1 Å². The van der Waals surface area contributed by atoms with Crippen molar-refractivity contribution >= 4 is 33.4 Å². The Bertz CT molecular complexity index is 874. The second kappa shape index (κ2) is 7.99. The molecule has 142 valence electrons. The highest BCUT2D eigenvalue weighted by molar-refractivity contribution is 7.18. The molecule has 0 aliphatic heterocycles. The maximum Gasteiger partial charge on any atom is 0.326 e. The average molecular weight is 379 g/mol. The van der Waals surface area contributed by atoms with Crippen LogP contribution >= 0.6 is 11.3 Å². The number of carbonyl (C=O) groups excluding carboxylic acids is 2. The minimum atomic E-state index is -0.640. The van der Waals surface area contributed by atoms with Crippen LogP contribution in [-0.4, -0.2) is 45.0 Å². The van der Waals surface area contributed by atoms with Crippen molar-refractivity contribution in [1.82, 2.24) is 14.5 Å². The number of hydrogen-bond donors (Lipinski definition) is 0. The number of rotatable bonds is 6. The number of aryl methyl sites for hydroxylation is 2. The highest BCUT2D eigenvalue weighted by Gasteiger charge is 2.21. The Morgan fingerprint density at radius 2 is 1.85 bits per heavy atom. The quantitative estimate of drug-likeness (QED) is 0.719. The molecule has 26 heavy (non-hydrogen) atoms. The van der Waals surface area contributed by atoms with Crippen LogP contribution in [0, 0.1) is 13.8 Å². The summed E-state index contributed by atoms with van der Waals surface area (Å²) >= 11 is 1.45. The van der Waals surface area contributed by atoms with Crippen LogP contribution in [0.15, 0.2) is 11.1 Å². The molecule has 0 aromatic carbocycles. The molecule has 1 amide bonds. The van der Waals surface area contributed by atoms with E-state index in [1.165, 1.54) is 22.2 Å². The molecule has 2 aromatic rings. The van der Waals surface area contributed by atoms with E-state index in [0.717, 1.165) is 10.4 Å². The fraction of sp³-hybridized carbons (Fsp3) is 0.556. The molecule has 7 nitrogen and oxygen atoms in total. The monoisotopic (exact) mass is 379 g/mol. The maximum absolute atomic E-state index is 12.6. The van der Waals surface area contributed by atoms with Gasteiger partial charge in [-0.3, -0.25) is 19.0 Å². The fourth-order valence-corrected chi connectivity index (χ4v) is 3.94. The third kappa shape index (κ3) is 4.12. The molecule has 0 saturated heterocycles. The van der Waals surface area contributed by atoms with Crippen LogP contribution in [-0.2, 0) is 20.9 Å². The molecule has 0 spiro atoms. The van der Waals surface area contributed by atoms with E-state index < -0.39 is 5.97 Å². The molecule has 0 aliphatic rings. The molecule has 0 aliphatic carbocycles. The van der Waals surface area contributed by atoms with Gasteiger partial charge >= 0.3 is 5.97 Å². The Morgan fingerprint density at radius 1 is 1.23 bits per heavy atom. The highest BCUT2D eigenvalue weighted by atomic mass is 32.1. The van der Waals surface area contributed by atoms with E-state index in [1.54, 1.807) is 4.90 Å². The maximum atomic E-state index is 12.6. The van der Waals surface area contributed by atoms with Crippen LogP contribution in [0.2, 0.25) is 0 Å². The van der Waals surface area contributed by atoms with Gasteiger partial charge in [-0.05, 0) is 47.1 Å². The van der Waals surface area contributed by atoms with Gasteiger partial charge in [0.2, 0.25) is 0 Å². The molecule has 2 aromatic heterocycles. The first-order chi connectivity index (χ1) is 12.1. The van der Waals surface area contributed by atoms with Crippen LogP contribution in [0.25, 0.3) is 10.2 Å². The number of nitrogens with zero attached hydrogens (tertiary/aromatic N) is 3. The predicted molar refractivity (Wildman–Crippen MR) is 101 cm³/mol. The molecule has 8 heteroatoms. The number of carbonyl (C=O) groups is 2. The molecule has 0 fully saturated rings. The SMILES string of the molecule is Cc1sc2ncn(CC(=O)OCC(=O)N(C(C)C)C(C)C)c(=O)c2c1C. The molecule has 0 atom stereocenters. The summed E-state index contributed by atoms with van der Waals surface area (Å²) in [5.74, 6) is -0.896. The van der Waals surface area contributed by atoms with Gasteiger partial charge in [-0.15, -0.1) is 11.3 Å². The number of hydrogen-bond acceptors (Lipinski definition) is 6. The van der Waals surface area contributed by atoms with Gasteiger partial charge in [0, 0.05) is 17.0 Å². The molecule has 0 bridgehead atoms. The molecular formula is C18H25N3O4S. The van der Waals surface area contributed by atoms with E-state index in [9.17, 15) is 14.4 Å². The van der Waals surface area contributed by atoms with Crippen LogP contribution in [0.3, 0.4) is 0 Å². The van der Waals surface area contributed by atoms with Crippen LogP contribution in [0.4, 0.5) is 0 Å². The normalized spacial score (nSPS) is 11.4. The third-order valence-corrected chi connectivity index (χ3v) is 5.33. The second-order valence-electron chi connectivity index (χ2n) is 6.79. The Kier molecular flexibility index (Phi) is 6.17. The van der Waals surface area contributed by atoms with Gasteiger partial charge in [0.25, 0.3) is 11.5 Å². The van der Waals surface area contributed by atoms with Gasteiger partial charge in [-0.25, -0.2) is 4.98 Å². The van der Waals surface area contributed by atoms with E-state index in [1.807, 2.05) is 41.5 Å². The topological polar surface area (TPSA) is 81.5 Å². The first-order valence-electron chi connectivity index (χ1n) is 8.55. The summed E-state index contributed by atoms with van der Waals surface area (Å²) in [5.41, 5.74) is 0.607. The first kappa shape index (κ1) is 20.1. The third-order valence-electron chi connectivity index (χ3n) is 4.21. The number of amides is 1. The molecule has 0 saturated carbocycles. The summed E-state index contributed by atoms with van der Waals surface area (Å²) < 4.78 is 6.30.